The molecule has 0 aliphatic heterocycles. The van der Waals surface area contributed by atoms with Crippen molar-refractivity contribution in [2.45, 2.75) is 57.6 Å². The van der Waals surface area contributed by atoms with E-state index in [0.717, 1.165) is 42.1 Å². The molecule has 1 heterocycles. The first kappa shape index (κ1) is 18.9. The number of fused-ring (bicyclic) bond motifs is 1. The summed E-state index contributed by atoms with van der Waals surface area (Å²) in [4.78, 5) is 39.3. The third-order valence-corrected chi connectivity index (χ3v) is 4.86. The van der Waals surface area contributed by atoms with Crippen LogP contribution in [0.1, 0.15) is 44.6 Å². The fourth-order valence-electron chi connectivity index (χ4n) is 3.41. The zero-order chi connectivity index (χ0) is 19.2. The van der Waals surface area contributed by atoms with Crippen LogP contribution in [0.2, 0.25) is 0 Å². The maximum absolute atomic E-state index is 12.2. The highest BCUT2D eigenvalue weighted by molar-refractivity contribution is 5.97. The molecule has 1 aromatic heterocycles. The predicted molar refractivity (Wildman–Crippen MR) is 101 cm³/mol. The van der Waals surface area contributed by atoms with Gasteiger partial charge in [0.2, 0.25) is 0 Å². The van der Waals surface area contributed by atoms with E-state index in [9.17, 15) is 14.4 Å². The van der Waals surface area contributed by atoms with Crippen molar-refractivity contribution in [3.05, 3.63) is 36.0 Å². The molecule has 0 spiro atoms. The molecule has 0 unspecified atom stereocenters. The Kier molecular flexibility index (Phi) is 6.11. The van der Waals surface area contributed by atoms with Gasteiger partial charge in [-0.3, -0.25) is 14.9 Å². The second-order valence-corrected chi connectivity index (χ2v) is 6.97. The maximum atomic E-state index is 12.2. The van der Waals surface area contributed by atoms with Crippen molar-refractivity contribution < 1.29 is 19.1 Å². The van der Waals surface area contributed by atoms with Gasteiger partial charge in [-0.05, 0) is 31.4 Å². The Morgan fingerprint density at radius 2 is 1.93 bits per heavy atom. The van der Waals surface area contributed by atoms with Crippen LogP contribution in [0.25, 0.3) is 10.9 Å². The van der Waals surface area contributed by atoms with Crippen LogP contribution in [-0.2, 0) is 20.7 Å². The molecule has 27 heavy (non-hydrogen) atoms. The predicted octanol–water partition coefficient (Wildman–Crippen LogP) is 2.80. The second-order valence-electron chi connectivity index (χ2n) is 6.97. The van der Waals surface area contributed by atoms with E-state index in [1.165, 1.54) is 13.3 Å². The molecule has 0 bridgehead atoms. The summed E-state index contributed by atoms with van der Waals surface area (Å²) in [5, 5.41) is 5.99. The summed E-state index contributed by atoms with van der Waals surface area (Å²) in [7, 11) is 0. The number of imide groups is 1. The highest BCUT2D eigenvalue weighted by Crippen LogP contribution is 2.19. The quantitative estimate of drug-likeness (QED) is 0.704. The van der Waals surface area contributed by atoms with Crippen LogP contribution in [-0.4, -0.2) is 35.0 Å². The van der Waals surface area contributed by atoms with Gasteiger partial charge in [0.25, 0.3) is 5.91 Å². The minimum Gasteiger partial charge on any atom is -0.452 e. The number of esters is 1. The number of para-hydroxylation sites is 1. The van der Waals surface area contributed by atoms with E-state index in [1.807, 2.05) is 24.3 Å². The standard InChI is InChI=1S/C20H25N3O4/c1-13(19(25)23-20(26)22-15-7-3-2-4-8-15)27-18(24)11-14-12-21-17-10-6-5-9-16(14)17/h5-6,9-10,12-13,15,21H,2-4,7-8,11H2,1H3,(H2,22,23,25,26)/t13-/m0/s1. The summed E-state index contributed by atoms with van der Waals surface area (Å²) in [6.07, 6.45) is 5.97. The van der Waals surface area contributed by atoms with Crippen LogP contribution in [0.15, 0.2) is 30.5 Å². The monoisotopic (exact) mass is 371 g/mol. The molecule has 0 saturated heterocycles. The average molecular weight is 371 g/mol. The van der Waals surface area contributed by atoms with Crippen LogP contribution in [0.5, 0.6) is 0 Å². The Labute approximate surface area is 157 Å². The molecule has 1 aromatic carbocycles. The molecule has 1 aliphatic rings. The number of rotatable bonds is 5. The number of amides is 3. The van der Waals surface area contributed by atoms with Crippen LogP contribution in [0, 0.1) is 0 Å². The van der Waals surface area contributed by atoms with E-state index in [-0.39, 0.29) is 12.5 Å². The Hall–Kier alpha value is -2.83. The van der Waals surface area contributed by atoms with Crippen LogP contribution in [0.4, 0.5) is 4.79 Å². The average Bonchev–Trinajstić information content (AvgIpc) is 3.05. The zero-order valence-corrected chi connectivity index (χ0v) is 15.4. The molecular weight excluding hydrogens is 346 g/mol. The first-order valence-electron chi connectivity index (χ1n) is 9.39. The lowest BCUT2D eigenvalue weighted by Gasteiger charge is -2.23. The van der Waals surface area contributed by atoms with Crippen molar-refractivity contribution in [1.29, 1.82) is 0 Å². The van der Waals surface area contributed by atoms with Gasteiger partial charge in [-0.1, -0.05) is 37.5 Å². The first-order chi connectivity index (χ1) is 13.0. The van der Waals surface area contributed by atoms with Crippen molar-refractivity contribution in [3.63, 3.8) is 0 Å². The lowest BCUT2D eigenvalue weighted by atomic mass is 9.96. The van der Waals surface area contributed by atoms with Crippen LogP contribution in [0.3, 0.4) is 0 Å². The molecule has 3 amide bonds. The molecule has 3 rings (SSSR count). The first-order valence-corrected chi connectivity index (χ1v) is 9.39. The van der Waals surface area contributed by atoms with Crippen molar-refractivity contribution in [1.82, 2.24) is 15.6 Å². The van der Waals surface area contributed by atoms with Gasteiger partial charge in [0.05, 0.1) is 6.42 Å². The normalized spacial score (nSPS) is 15.9. The summed E-state index contributed by atoms with van der Waals surface area (Å²) in [6.45, 7) is 1.45. The lowest BCUT2D eigenvalue weighted by Crippen LogP contribution is -2.48. The third-order valence-electron chi connectivity index (χ3n) is 4.86. The summed E-state index contributed by atoms with van der Waals surface area (Å²) in [6, 6.07) is 7.21. The molecule has 1 saturated carbocycles. The van der Waals surface area contributed by atoms with E-state index in [1.54, 1.807) is 6.20 Å². The molecule has 1 aliphatic carbocycles. The fraction of sp³-hybridized carbons (Fsp3) is 0.450. The van der Waals surface area contributed by atoms with E-state index in [2.05, 4.69) is 15.6 Å². The number of nitrogens with one attached hydrogen (secondary N) is 3. The Morgan fingerprint density at radius 1 is 1.19 bits per heavy atom. The van der Waals surface area contributed by atoms with E-state index in [0.29, 0.717) is 0 Å². The number of carbonyl (C=O) groups is 3. The maximum Gasteiger partial charge on any atom is 0.321 e. The number of urea groups is 1. The van der Waals surface area contributed by atoms with Crippen molar-refractivity contribution >= 4 is 28.8 Å². The van der Waals surface area contributed by atoms with Gasteiger partial charge in [0, 0.05) is 23.1 Å². The van der Waals surface area contributed by atoms with Gasteiger partial charge >= 0.3 is 12.0 Å². The summed E-state index contributed by atoms with van der Waals surface area (Å²) in [5.74, 6) is -1.15. The highest BCUT2D eigenvalue weighted by Gasteiger charge is 2.22. The molecule has 0 radical (unpaired) electrons. The van der Waals surface area contributed by atoms with Crippen molar-refractivity contribution in [2.24, 2.45) is 0 Å². The lowest BCUT2D eigenvalue weighted by molar-refractivity contribution is -0.153. The molecule has 2 aromatic rings. The van der Waals surface area contributed by atoms with Crippen LogP contribution < -0.4 is 10.6 Å². The van der Waals surface area contributed by atoms with Crippen molar-refractivity contribution in [3.8, 4) is 0 Å². The Balaban J connectivity index is 1.47. The van der Waals surface area contributed by atoms with Gasteiger partial charge in [-0.25, -0.2) is 4.79 Å². The highest BCUT2D eigenvalue weighted by atomic mass is 16.5. The van der Waals surface area contributed by atoms with Gasteiger partial charge in [0.1, 0.15) is 0 Å². The molecule has 144 valence electrons. The van der Waals surface area contributed by atoms with Gasteiger partial charge in [-0.2, -0.15) is 0 Å². The third kappa shape index (κ3) is 5.09. The summed E-state index contributed by atoms with van der Waals surface area (Å²) >= 11 is 0. The number of aromatic amines is 1. The van der Waals surface area contributed by atoms with E-state index in [4.69, 9.17) is 4.74 Å². The molecule has 1 atom stereocenters. The molecule has 7 heteroatoms. The number of benzene rings is 1. The SMILES string of the molecule is C[C@H](OC(=O)Cc1c[nH]c2ccccc12)C(=O)NC(=O)NC1CCCCC1. The van der Waals surface area contributed by atoms with E-state index >= 15 is 0 Å². The van der Waals surface area contributed by atoms with Crippen molar-refractivity contribution in [2.75, 3.05) is 0 Å². The fourth-order valence-corrected chi connectivity index (χ4v) is 3.41. The van der Waals surface area contributed by atoms with Gasteiger partial charge in [-0.15, -0.1) is 0 Å². The largest absolute Gasteiger partial charge is 0.452 e. The number of carbonyl (C=O) groups excluding carboxylic acids is 3. The number of aromatic nitrogens is 1. The van der Waals surface area contributed by atoms with Gasteiger partial charge < -0.3 is 15.0 Å². The number of hydrogen-bond donors (Lipinski definition) is 3. The van der Waals surface area contributed by atoms with E-state index < -0.39 is 24.0 Å². The Bertz CT molecular complexity index is 823. The molecular formula is C20H25N3O4. The smallest absolute Gasteiger partial charge is 0.321 e. The number of hydrogen-bond acceptors (Lipinski definition) is 4. The zero-order valence-electron chi connectivity index (χ0n) is 15.4. The molecule has 3 N–H and O–H groups in total. The van der Waals surface area contributed by atoms with Gasteiger partial charge in [0.15, 0.2) is 6.10 Å². The molecule has 1 fully saturated rings. The van der Waals surface area contributed by atoms with Crippen LogP contribution >= 0.6 is 0 Å². The number of ether oxygens (including phenoxy) is 1. The topological polar surface area (TPSA) is 100 Å². The molecule has 7 nitrogen and oxygen atoms in total. The summed E-state index contributed by atoms with van der Waals surface area (Å²) in [5.41, 5.74) is 1.74. The summed E-state index contributed by atoms with van der Waals surface area (Å²) < 4.78 is 5.18. The Morgan fingerprint density at radius 3 is 2.70 bits per heavy atom. The minimum absolute atomic E-state index is 0.0515. The number of H-pyrrole nitrogens is 1. The minimum atomic E-state index is -1.04. The second kappa shape index (κ2) is 8.70.